The molecule has 0 saturated heterocycles. The molecule has 0 rings (SSSR count). The summed E-state index contributed by atoms with van der Waals surface area (Å²) in [5.74, 6) is 0. The van der Waals surface area contributed by atoms with Crippen molar-refractivity contribution >= 4 is 0 Å². The highest BCUT2D eigenvalue weighted by atomic mass is 14.9. The average Bonchev–Trinajstić information content (AvgIpc) is 2.37. The summed E-state index contributed by atoms with van der Waals surface area (Å²) in [7, 11) is 0. The summed E-state index contributed by atoms with van der Waals surface area (Å²) >= 11 is 0. The van der Waals surface area contributed by atoms with E-state index in [0.717, 1.165) is 22.5 Å². The van der Waals surface area contributed by atoms with E-state index < -0.39 is 0 Å². The summed E-state index contributed by atoms with van der Waals surface area (Å²) in [6, 6.07) is -0.196. The molecule has 0 aromatic heterocycles. The molecule has 0 saturated carbocycles. The van der Waals surface area contributed by atoms with E-state index in [0.29, 0.717) is 6.42 Å². The van der Waals surface area contributed by atoms with Crippen LogP contribution in [0.1, 0.15) is 20.3 Å². The number of hydrogen-bond acceptors (Lipinski definition) is 2. The Labute approximate surface area is 123 Å². The molecule has 0 radical (unpaired) electrons. The van der Waals surface area contributed by atoms with Crippen molar-refractivity contribution in [1.82, 2.24) is 5.32 Å². The van der Waals surface area contributed by atoms with Crippen LogP contribution in [0.4, 0.5) is 0 Å². The Morgan fingerprint density at radius 2 is 1.95 bits per heavy atom. The van der Waals surface area contributed by atoms with E-state index in [9.17, 15) is 0 Å². The first-order chi connectivity index (χ1) is 9.44. The molecule has 1 unspecified atom stereocenters. The van der Waals surface area contributed by atoms with Crippen LogP contribution in [0.3, 0.4) is 0 Å². The highest BCUT2D eigenvalue weighted by Gasteiger charge is 2.09. The Hall–Kier alpha value is -2.06. The van der Waals surface area contributed by atoms with Crippen molar-refractivity contribution in [2.24, 2.45) is 5.73 Å². The number of allylic oxidation sites excluding steroid dienone is 7. The van der Waals surface area contributed by atoms with Gasteiger partial charge in [0.25, 0.3) is 0 Å². The van der Waals surface area contributed by atoms with Gasteiger partial charge in [0.05, 0.1) is 0 Å². The van der Waals surface area contributed by atoms with Crippen LogP contribution in [-0.2, 0) is 0 Å². The van der Waals surface area contributed by atoms with E-state index >= 15 is 0 Å². The van der Waals surface area contributed by atoms with Crippen LogP contribution in [-0.4, -0.2) is 6.04 Å². The van der Waals surface area contributed by atoms with Gasteiger partial charge in [0.15, 0.2) is 0 Å². The normalized spacial score (nSPS) is 13.9. The van der Waals surface area contributed by atoms with E-state index in [1.54, 1.807) is 12.2 Å². The van der Waals surface area contributed by atoms with Gasteiger partial charge in [-0.05, 0) is 38.0 Å². The third-order valence-corrected chi connectivity index (χ3v) is 2.55. The van der Waals surface area contributed by atoms with Crippen LogP contribution in [0.5, 0.6) is 0 Å². The van der Waals surface area contributed by atoms with E-state index in [1.165, 1.54) is 0 Å². The molecule has 20 heavy (non-hydrogen) atoms. The molecule has 0 spiro atoms. The van der Waals surface area contributed by atoms with Crippen LogP contribution < -0.4 is 11.1 Å². The molecule has 0 amide bonds. The Balaban J connectivity index is 4.81. The molecule has 2 heteroatoms. The van der Waals surface area contributed by atoms with Gasteiger partial charge in [-0.25, -0.2) is 0 Å². The van der Waals surface area contributed by atoms with Gasteiger partial charge >= 0.3 is 0 Å². The van der Waals surface area contributed by atoms with Gasteiger partial charge in [0.1, 0.15) is 0 Å². The maximum atomic E-state index is 6.14. The van der Waals surface area contributed by atoms with Crippen molar-refractivity contribution in [2.45, 2.75) is 26.3 Å². The highest BCUT2D eigenvalue weighted by molar-refractivity contribution is 5.31. The van der Waals surface area contributed by atoms with Crippen LogP contribution >= 0.6 is 0 Å². The zero-order valence-electron chi connectivity index (χ0n) is 12.7. The van der Waals surface area contributed by atoms with E-state index in [2.05, 4.69) is 31.6 Å². The van der Waals surface area contributed by atoms with Gasteiger partial charge in [0, 0.05) is 17.4 Å². The van der Waals surface area contributed by atoms with Crippen LogP contribution in [0, 0.1) is 0 Å². The largest absolute Gasteiger partial charge is 0.358 e. The quantitative estimate of drug-likeness (QED) is 0.618. The third kappa shape index (κ3) is 7.39. The first kappa shape index (κ1) is 17.9. The molecular formula is C18H26N2. The Kier molecular flexibility index (Phi) is 8.80. The molecule has 0 aromatic carbocycles. The average molecular weight is 270 g/mol. The number of hydrogen-bond donors (Lipinski definition) is 2. The summed E-state index contributed by atoms with van der Waals surface area (Å²) in [5.41, 5.74) is 9.82. The fourth-order valence-electron chi connectivity index (χ4n) is 1.60. The maximum absolute atomic E-state index is 6.14. The zero-order chi connectivity index (χ0) is 15.5. The van der Waals surface area contributed by atoms with Gasteiger partial charge < -0.3 is 11.1 Å². The van der Waals surface area contributed by atoms with Gasteiger partial charge in [-0.1, -0.05) is 56.2 Å². The molecule has 108 valence electrons. The van der Waals surface area contributed by atoms with Crippen molar-refractivity contribution in [3.8, 4) is 0 Å². The summed E-state index contributed by atoms with van der Waals surface area (Å²) in [5, 5.41) is 3.23. The minimum atomic E-state index is -0.196. The first-order valence-corrected chi connectivity index (χ1v) is 6.59. The molecule has 1 atom stereocenters. The number of nitrogens with one attached hydrogen (secondary N) is 1. The van der Waals surface area contributed by atoms with Crippen molar-refractivity contribution in [1.29, 1.82) is 0 Å². The molecule has 0 aliphatic heterocycles. The summed E-state index contributed by atoms with van der Waals surface area (Å²) in [4.78, 5) is 0. The van der Waals surface area contributed by atoms with Crippen LogP contribution in [0.15, 0.2) is 85.3 Å². The molecule has 2 nitrogen and oxygen atoms in total. The minimum Gasteiger partial charge on any atom is -0.358 e. The van der Waals surface area contributed by atoms with Gasteiger partial charge in [-0.2, -0.15) is 0 Å². The zero-order valence-corrected chi connectivity index (χ0v) is 12.7. The smallest absolute Gasteiger partial charge is 0.0482 e. The number of rotatable bonds is 9. The fourth-order valence-corrected chi connectivity index (χ4v) is 1.60. The first-order valence-electron chi connectivity index (χ1n) is 6.59. The predicted octanol–water partition coefficient (Wildman–Crippen LogP) is 4.14. The van der Waals surface area contributed by atoms with Crippen molar-refractivity contribution in [3.05, 3.63) is 85.3 Å². The summed E-state index contributed by atoms with van der Waals surface area (Å²) in [6.45, 7) is 19.2. The maximum Gasteiger partial charge on any atom is 0.0482 e. The van der Waals surface area contributed by atoms with Gasteiger partial charge in [0.2, 0.25) is 0 Å². The lowest BCUT2D eigenvalue weighted by molar-refractivity contribution is 0.717. The highest BCUT2D eigenvalue weighted by Crippen LogP contribution is 2.11. The molecule has 0 bridgehead atoms. The van der Waals surface area contributed by atoms with E-state index in [4.69, 9.17) is 5.73 Å². The van der Waals surface area contributed by atoms with Crippen LogP contribution in [0.2, 0.25) is 0 Å². The van der Waals surface area contributed by atoms with Crippen molar-refractivity contribution in [2.75, 3.05) is 0 Å². The van der Waals surface area contributed by atoms with Crippen LogP contribution in [0.25, 0.3) is 0 Å². The standard InChI is InChI=1S/C18H26N2/c1-7-10-16(9-3)13-18(19)15(6)20-17(11-8-2)12-14(4)5/h7-12,18,20H,1,3-4,6,13,19H2,2,5H3/b11-8-,16-10+,17-12+. The Morgan fingerprint density at radius 1 is 1.30 bits per heavy atom. The molecule has 0 heterocycles. The van der Waals surface area contributed by atoms with E-state index in [1.807, 2.05) is 38.2 Å². The molecule has 0 aromatic rings. The second-order valence-electron chi connectivity index (χ2n) is 4.59. The van der Waals surface area contributed by atoms with Crippen molar-refractivity contribution < 1.29 is 0 Å². The third-order valence-electron chi connectivity index (χ3n) is 2.55. The lowest BCUT2D eigenvalue weighted by atomic mass is 10.0. The molecule has 0 aliphatic rings. The lowest BCUT2D eigenvalue weighted by Crippen LogP contribution is -2.30. The Bertz CT molecular complexity index is 462. The van der Waals surface area contributed by atoms with Gasteiger partial charge in [-0.15, -0.1) is 0 Å². The lowest BCUT2D eigenvalue weighted by Gasteiger charge is -2.18. The molecular weight excluding hydrogens is 244 g/mol. The predicted molar refractivity (Wildman–Crippen MR) is 91.1 cm³/mol. The Morgan fingerprint density at radius 3 is 2.40 bits per heavy atom. The van der Waals surface area contributed by atoms with Gasteiger partial charge in [-0.3, -0.25) is 0 Å². The van der Waals surface area contributed by atoms with E-state index in [-0.39, 0.29) is 6.04 Å². The molecule has 0 fully saturated rings. The second kappa shape index (κ2) is 9.82. The fraction of sp³-hybridized carbons (Fsp3) is 0.222. The SMILES string of the molecule is C=C/C=C(\C=C)CC(N)C(=C)NC(/C=C\C)=C/C(=C)C. The molecule has 0 aliphatic carbocycles. The number of nitrogens with two attached hydrogens (primary N) is 1. The monoisotopic (exact) mass is 270 g/mol. The molecule has 3 N–H and O–H groups in total. The summed E-state index contributed by atoms with van der Waals surface area (Å²) < 4.78 is 0. The topological polar surface area (TPSA) is 38.0 Å². The van der Waals surface area contributed by atoms with Crippen molar-refractivity contribution in [3.63, 3.8) is 0 Å². The second-order valence-corrected chi connectivity index (χ2v) is 4.59. The summed E-state index contributed by atoms with van der Waals surface area (Å²) in [6.07, 6.45) is 11.9. The minimum absolute atomic E-state index is 0.196.